The number of nitrogens with two attached hydrogens (primary N) is 1. The average molecular weight is 214 g/mol. The van der Waals surface area contributed by atoms with Crippen molar-refractivity contribution in [3.05, 3.63) is 0 Å². The van der Waals surface area contributed by atoms with E-state index in [1.165, 1.54) is 0 Å². The summed E-state index contributed by atoms with van der Waals surface area (Å²) in [5, 5.41) is 3.11. The summed E-state index contributed by atoms with van der Waals surface area (Å²) in [5.41, 5.74) is 5.23. The van der Waals surface area contributed by atoms with Gasteiger partial charge in [-0.3, -0.25) is 4.79 Å². The Morgan fingerprint density at radius 2 is 1.60 bits per heavy atom. The van der Waals surface area contributed by atoms with Crippen molar-refractivity contribution in [1.82, 2.24) is 5.32 Å². The van der Waals surface area contributed by atoms with E-state index in [-0.39, 0.29) is 16.9 Å². The SMILES string of the molecule is CCC(CC)(CN)NC(=O)C(C)(C)CC. The Kier molecular flexibility index (Phi) is 5.29. The third kappa shape index (κ3) is 3.49. The van der Waals surface area contributed by atoms with Gasteiger partial charge >= 0.3 is 0 Å². The number of carbonyl (C=O) groups excluding carboxylic acids is 1. The molecular weight excluding hydrogens is 188 g/mol. The fourth-order valence-corrected chi connectivity index (χ4v) is 1.34. The highest BCUT2D eigenvalue weighted by atomic mass is 16.2. The van der Waals surface area contributed by atoms with Gasteiger partial charge < -0.3 is 11.1 Å². The van der Waals surface area contributed by atoms with E-state index in [0.29, 0.717) is 6.54 Å². The fraction of sp³-hybridized carbons (Fsp3) is 0.917. The molecule has 0 spiro atoms. The van der Waals surface area contributed by atoms with Gasteiger partial charge in [0.1, 0.15) is 0 Å². The van der Waals surface area contributed by atoms with Crippen LogP contribution in [0.2, 0.25) is 0 Å². The molecule has 0 unspecified atom stereocenters. The lowest BCUT2D eigenvalue weighted by Gasteiger charge is -2.35. The molecule has 3 N–H and O–H groups in total. The quantitative estimate of drug-likeness (QED) is 0.711. The van der Waals surface area contributed by atoms with Crippen LogP contribution in [0.1, 0.15) is 53.9 Å². The molecule has 3 nitrogen and oxygen atoms in total. The minimum absolute atomic E-state index is 0.110. The molecule has 0 saturated carbocycles. The van der Waals surface area contributed by atoms with Crippen molar-refractivity contribution in [1.29, 1.82) is 0 Å². The highest BCUT2D eigenvalue weighted by Gasteiger charge is 2.32. The van der Waals surface area contributed by atoms with Crippen LogP contribution < -0.4 is 11.1 Å². The molecule has 0 radical (unpaired) electrons. The Hall–Kier alpha value is -0.570. The smallest absolute Gasteiger partial charge is 0.226 e. The Labute approximate surface area is 93.8 Å². The van der Waals surface area contributed by atoms with Gasteiger partial charge in [-0.2, -0.15) is 0 Å². The van der Waals surface area contributed by atoms with Gasteiger partial charge in [-0.1, -0.05) is 34.6 Å². The summed E-state index contributed by atoms with van der Waals surface area (Å²) in [5.74, 6) is 0.110. The Morgan fingerprint density at radius 1 is 1.13 bits per heavy atom. The molecule has 3 heteroatoms. The predicted molar refractivity (Wildman–Crippen MR) is 64.6 cm³/mol. The molecule has 0 heterocycles. The van der Waals surface area contributed by atoms with Gasteiger partial charge in [0, 0.05) is 12.0 Å². The van der Waals surface area contributed by atoms with Crippen molar-refractivity contribution in [2.24, 2.45) is 11.1 Å². The maximum Gasteiger partial charge on any atom is 0.226 e. The molecule has 90 valence electrons. The molecule has 0 saturated heterocycles. The van der Waals surface area contributed by atoms with Crippen molar-refractivity contribution < 1.29 is 4.79 Å². The van der Waals surface area contributed by atoms with Gasteiger partial charge in [-0.05, 0) is 19.3 Å². The second kappa shape index (κ2) is 5.50. The van der Waals surface area contributed by atoms with E-state index in [0.717, 1.165) is 19.3 Å². The third-order valence-corrected chi connectivity index (χ3v) is 3.62. The zero-order chi connectivity index (χ0) is 12.1. The van der Waals surface area contributed by atoms with E-state index >= 15 is 0 Å². The number of hydrogen-bond donors (Lipinski definition) is 2. The maximum absolute atomic E-state index is 12.0. The molecule has 0 aromatic rings. The van der Waals surface area contributed by atoms with Crippen molar-refractivity contribution in [2.45, 2.75) is 59.4 Å². The van der Waals surface area contributed by atoms with Gasteiger partial charge in [-0.25, -0.2) is 0 Å². The highest BCUT2D eigenvalue weighted by Crippen LogP contribution is 2.22. The first-order valence-corrected chi connectivity index (χ1v) is 5.90. The maximum atomic E-state index is 12.0. The first kappa shape index (κ1) is 14.4. The van der Waals surface area contributed by atoms with Crippen molar-refractivity contribution in [3.63, 3.8) is 0 Å². The zero-order valence-corrected chi connectivity index (χ0v) is 10.8. The van der Waals surface area contributed by atoms with Gasteiger partial charge in [0.25, 0.3) is 0 Å². The summed E-state index contributed by atoms with van der Waals surface area (Å²) in [6, 6.07) is 0. The molecule has 0 aliphatic carbocycles. The summed E-state index contributed by atoms with van der Waals surface area (Å²) in [4.78, 5) is 12.0. The molecule has 0 aliphatic heterocycles. The lowest BCUT2D eigenvalue weighted by atomic mass is 9.86. The number of amides is 1. The summed E-state index contributed by atoms with van der Waals surface area (Å²) >= 11 is 0. The molecule has 0 aromatic carbocycles. The minimum atomic E-state index is -0.301. The first-order chi connectivity index (χ1) is 6.87. The van der Waals surface area contributed by atoms with E-state index in [9.17, 15) is 4.79 Å². The zero-order valence-electron chi connectivity index (χ0n) is 10.8. The minimum Gasteiger partial charge on any atom is -0.349 e. The van der Waals surface area contributed by atoms with Gasteiger partial charge in [-0.15, -0.1) is 0 Å². The molecule has 15 heavy (non-hydrogen) atoms. The Balaban J connectivity index is 4.62. The third-order valence-electron chi connectivity index (χ3n) is 3.62. The molecule has 0 aliphatic rings. The van der Waals surface area contributed by atoms with Crippen LogP contribution in [0.5, 0.6) is 0 Å². The number of rotatable bonds is 6. The first-order valence-electron chi connectivity index (χ1n) is 5.90. The molecular formula is C12H26N2O. The molecule has 0 fully saturated rings. The molecule has 1 amide bonds. The Bertz CT molecular complexity index is 199. The van der Waals surface area contributed by atoms with Crippen LogP contribution in [-0.4, -0.2) is 18.0 Å². The predicted octanol–water partition coefficient (Wildman–Crippen LogP) is 2.06. The Morgan fingerprint density at radius 3 is 1.87 bits per heavy atom. The summed E-state index contributed by atoms with van der Waals surface area (Å²) in [6.45, 7) is 10.6. The fourth-order valence-electron chi connectivity index (χ4n) is 1.34. The highest BCUT2D eigenvalue weighted by molar-refractivity contribution is 5.82. The van der Waals surface area contributed by atoms with Crippen LogP contribution in [0.4, 0.5) is 0 Å². The van der Waals surface area contributed by atoms with Crippen LogP contribution in [0.3, 0.4) is 0 Å². The van der Waals surface area contributed by atoms with E-state index in [1.807, 2.05) is 20.8 Å². The molecule has 0 atom stereocenters. The summed E-state index contributed by atoms with van der Waals surface area (Å²) < 4.78 is 0. The lowest BCUT2D eigenvalue weighted by Crippen LogP contribution is -2.55. The summed E-state index contributed by atoms with van der Waals surface area (Å²) in [7, 11) is 0. The average Bonchev–Trinajstić information content (AvgIpc) is 2.25. The normalized spacial score (nSPS) is 12.7. The largest absolute Gasteiger partial charge is 0.349 e. The molecule has 0 rings (SSSR count). The van der Waals surface area contributed by atoms with Crippen molar-refractivity contribution in [2.75, 3.05) is 6.54 Å². The second-order valence-electron chi connectivity index (χ2n) is 4.88. The summed E-state index contributed by atoms with van der Waals surface area (Å²) in [6.07, 6.45) is 2.60. The van der Waals surface area contributed by atoms with Crippen LogP contribution in [0, 0.1) is 5.41 Å². The number of hydrogen-bond acceptors (Lipinski definition) is 2. The standard InChI is InChI=1S/C12H26N2O/c1-6-11(4,5)10(15)14-12(7-2,8-3)9-13/h6-9,13H2,1-5H3,(H,14,15). The van der Waals surface area contributed by atoms with Crippen LogP contribution in [0.25, 0.3) is 0 Å². The van der Waals surface area contributed by atoms with Crippen LogP contribution >= 0.6 is 0 Å². The van der Waals surface area contributed by atoms with Gasteiger partial charge in [0.15, 0.2) is 0 Å². The monoisotopic (exact) mass is 214 g/mol. The molecule has 0 aromatic heterocycles. The number of carbonyl (C=O) groups is 1. The number of nitrogens with one attached hydrogen (secondary N) is 1. The van der Waals surface area contributed by atoms with Crippen molar-refractivity contribution in [3.8, 4) is 0 Å². The second-order valence-corrected chi connectivity index (χ2v) is 4.88. The van der Waals surface area contributed by atoms with E-state index in [2.05, 4.69) is 19.2 Å². The van der Waals surface area contributed by atoms with Gasteiger partial charge in [0.2, 0.25) is 5.91 Å². The molecule has 0 bridgehead atoms. The lowest BCUT2D eigenvalue weighted by molar-refractivity contribution is -0.131. The van der Waals surface area contributed by atoms with E-state index in [4.69, 9.17) is 5.73 Å². The van der Waals surface area contributed by atoms with Crippen molar-refractivity contribution >= 4 is 5.91 Å². The van der Waals surface area contributed by atoms with Crippen LogP contribution in [0.15, 0.2) is 0 Å². The van der Waals surface area contributed by atoms with Gasteiger partial charge in [0.05, 0.1) is 5.54 Å². The van der Waals surface area contributed by atoms with E-state index in [1.54, 1.807) is 0 Å². The van der Waals surface area contributed by atoms with E-state index < -0.39 is 0 Å². The topological polar surface area (TPSA) is 55.1 Å². The van der Waals surface area contributed by atoms with Crippen LogP contribution in [-0.2, 0) is 4.79 Å².